The van der Waals surface area contributed by atoms with Gasteiger partial charge in [0.05, 0.1) is 5.60 Å². The van der Waals surface area contributed by atoms with Gasteiger partial charge in [-0.3, -0.25) is 0 Å². The molecule has 0 saturated heterocycles. The first-order valence-electron chi connectivity index (χ1n) is 6.02. The summed E-state index contributed by atoms with van der Waals surface area (Å²) in [6, 6.07) is 0.658. The van der Waals surface area contributed by atoms with Gasteiger partial charge < -0.3 is 10.4 Å². The van der Waals surface area contributed by atoms with E-state index in [0.29, 0.717) is 12.0 Å². The van der Waals surface area contributed by atoms with E-state index in [1.807, 2.05) is 6.92 Å². The highest BCUT2D eigenvalue weighted by Gasteiger charge is 2.28. The Bertz CT molecular complexity index is 162. The third-order valence-electron chi connectivity index (χ3n) is 3.78. The SMILES string of the molecule is CCC(C)C(C)(O)CNC1CCCC1. The molecule has 2 heteroatoms. The lowest BCUT2D eigenvalue weighted by molar-refractivity contribution is 0.00345. The van der Waals surface area contributed by atoms with Crippen LogP contribution in [0.5, 0.6) is 0 Å². The Morgan fingerprint density at radius 3 is 2.50 bits per heavy atom. The molecule has 84 valence electrons. The molecule has 14 heavy (non-hydrogen) atoms. The lowest BCUT2D eigenvalue weighted by Gasteiger charge is -2.31. The molecule has 0 bridgehead atoms. The zero-order chi connectivity index (χ0) is 10.6. The molecule has 0 aromatic heterocycles. The fourth-order valence-corrected chi connectivity index (χ4v) is 2.09. The van der Waals surface area contributed by atoms with Gasteiger partial charge in [0.1, 0.15) is 0 Å². The van der Waals surface area contributed by atoms with Crippen LogP contribution in [0.15, 0.2) is 0 Å². The molecule has 2 N–H and O–H groups in total. The number of aliphatic hydroxyl groups is 1. The van der Waals surface area contributed by atoms with Crippen LogP contribution >= 0.6 is 0 Å². The van der Waals surface area contributed by atoms with Crippen LogP contribution in [-0.2, 0) is 0 Å². The summed E-state index contributed by atoms with van der Waals surface area (Å²) in [5, 5.41) is 13.7. The monoisotopic (exact) mass is 199 g/mol. The van der Waals surface area contributed by atoms with Crippen LogP contribution in [0.25, 0.3) is 0 Å². The molecule has 2 unspecified atom stereocenters. The molecular weight excluding hydrogens is 174 g/mol. The maximum atomic E-state index is 10.2. The van der Waals surface area contributed by atoms with Gasteiger partial charge in [-0.05, 0) is 25.7 Å². The second-order valence-corrected chi connectivity index (χ2v) is 5.03. The van der Waals surface area contributed by atoms with Gasteiger partial charge >= 0.3 is 0 Å². The zero-order valence-electron chi connectivity index (χ0n) is 9.84. The average Bonchev–Trinajstić information content (AvgIpc) is 2.66. The molecule has 1 saturated carbocycles. The Kier molecular flexibility index (Phi) is 4.39. The number of rotatable bonds is 5. The summed E-state index contributed by atoms with van der Waals surface area (Å²) in [4.78, 5) is 0. The van der Waals surface area contributed by atoms with E-state index in [0.717, 1.165) is 13.0 Å². The summed E-state index contributed by atoms with van der Waals surface area (Å²) in [6.07, 6.45) is 6.32. The van der Waals surface area contributed by atoms with Crippen LogP contribution in [0.2, 0.25) is 0 Å². The standard InChI is InChI=1S/C12H25NO/c1-4-10(2)12(3,14)9-13-11-7-5-6-8-11/h10-11,13-14H,4-9H2,1-3H3. The first-order valence-corrected chi connectivity index (χ1v) is 6.02. The van der Waals surface area contributed by atoms with Gasteiger partial charge in [0, 0.05) is 12.6 Å². The summed E-state index contributed by atoms with van der Waals surface area (Å²) in [7, 11) is 0. The van der Waals surface area contributed by atoms with Crippen molar-refractivity contribution in [3.05, 3.63) is 0 Å². The van der Waals surface area contributed by atoms with Gasteiger partial charge in [-0.2, -0.15) is 0 Å². The van der Waals surface area contributed by atoms with Crippen LogP contribution in [0.3, 0.4) is 0 Å². The second kappa shape index (κ2) is 5.13. The average molecular weight is 199 g/mol. The first kappa shape index (κ1) is 12.0. The minimum Gasteiger partial charge on any atom is -0.389 e. The van der Waals surface area contributed by atoms with E-state index < -0.39 is 5.60 Å². The molecule has 1 fully saturated rings. The second-order valence-electron chi connectivity index (χ2n) is 5.03. The number of nitrogens with one attached hydrogen (secondary N) is 1. The Morgan fingerprint density at radius 1 is 1.43 bits per heavy atom. The molecule has 0 aromatic rings. The van der Waals surface area contributed by atoms with Crippen molar-refractivity contribution < 1.29 is 5.11 Å². The van der Waals surface area contributed by atoms with Crippen LogP contribution in [0, 0.1) is 5.92 Å². The largest absolute Gasteiger partial charge is 0.389 e. The minimum atomic E-state index is -0.544. The van der Waals surface area contributed by atoms with Gasteiger partial charge in [0.25, 0.3) is 0 Å². The number of hydrogen-bond acceptors (Lipinski definition) is 2. The molecule has 0 spiro atoms. The first-order chi connectivity index (χ1) is 6.56. The van der Waals surface area contributed by atoms with E-state index in [9.17, 15) is 5.11 Å². The van der Waals surface area contributed by atoms with Crippen molar-refractivity contribution in [3.8, 4) is 0 Å². The summed E-state index contributed by atoms with van der Waals surface area (Å²) in [6.45, 7) is 6.95. The highest BCUT2D eigenvalue weighted by Crippen LogP contribution is 2.22. The summed E-state index contributed by atoms with van der Waals surface area (Å²) in [5.41, 5.74) is -0.544. The minimum absolute atomic E-state index is 0.372. The lowest BCUT2D eigenvalue weighted by Crippen LogP contribution is -2.45. The smallest absolute Gasteiger partial charge is 0.0768 e. The van der Waals surface area contributed by atoms with Crippen LogP contribution in [0.1, 0.15) is 52.9 Å². The topological polar surface area (TPSA) is 32.3 Å². The Labute approximate surface area is 88.1 Å². The van der Waals surface area contributed by atoms with Crippen LogP contribution in [0.4, 0.5) is 0 Å². The van der Waals surface area contributed by atoms with Crippen molar-refractivity contribution in [1.29, 1.82) is 0 Å². The van der Waals surface area contributed by atoms with Gasteiger partial charge in [-0.25, -0.2) is 0 Å². The summed E-state index contributed by atoms with van der Waals surface area (Å²) >= 11 is 0. The van der Waals surface area contributed by atoms with Crippen molar-refractivity contribution in [2.75, 3.05) is 6.54 Å². The predicted octanol–water partition coefficient (Wildman–Crippen LogP) is 2.32. The van der Waals surface area contributed by atoms with Crippen molar-refractivity contribution >= 4 is 0 Å². The normalized spacial score (nSPS) is 24.9. The van der Waals surface area contributed by atoms with E-state index in [2.05, 4.69) is 19.2 Å². The van der Waals surface area contributed by atoms with Crippen molar-refractivity contribution in [2.45, 2.75) is 64.5 Å². The van der Waals surface area contributed by atoms with Crippen molar-refractivity contribution in [3.63, 3.8) is 0 Å². The summed E-state index contributed by atoms with van der Waals surface area (Å²) in [5.74, 6) is 0.372. The fourth-order valence-electron chi connectivity index (χ4n) is 2.09. The van der Waals surface area contributed by atoms with E-state index in [4.69, 9.17) is 0 Å². The molecule has 0 amide bonds. The Balaban J connectivity index is 2.27. The molecule has 2 nitrogen and oxygen atoms in total. The van der Waals surface area contributed by atoms with Gasteiger partial charge in [0.2, 0.25) is 0 Å². The van der Waals surface area contributed by atoms with Crippen molar-refractivity contribution in [2.24, 2.45) is 5.92 Å². The molecule has 0 radical (unpaired) electrons. The quantitative estimate of drug-likeness (QED) is 0.712. The molecule has 0 heterocycles. The van der Waals surface area contributed by atoms with E-state index in [-0.39, 0.29) is 0 Å². The predicted molar refractivity (Wildman–Crippen MR) is 60.3 cm³/mol. The number of hydrogen-bond donors (Lipinski definition) is 2. The molecule has 2 atom stereocenters. The van der Waals surface area contributed by atoms with Crippen LogP contribution < -0.4 is 5.32 Å². The Hall–Kier alpha value is -0.0800. The van der Waals surface area contributed by atoms with Gasteiger partial charge in [-0.1, -0.05) is 33.1 Å². The van der Waals surface area contributed by atoms with Crippen molar-refractivity contribution in [1.82, 2.24) is 5.32 Å². The highest BCUT2D eigenvalue weighted by atomic mass is 16.3. The molecule has 1 rings (SSSR count). The zero-order valence-corrected chi connectivity index (χ0v) is 9.84. The third-order valence-corrected chi connectivity index (χ3v) is 3.78. The maximum absolute atomic E-state index is 10.2. The van der Waals surface area contributed by atoms with E-state index in [1.165, 1.54) is 25.7 Å². The molecule has 1 aliphatic rings. The third kappa shape index (κ3) is 3.25. The maximum Gasteiger partial charge on any atom is 0.0768 e. The Morgan fingerprint density at radius 2 is 2.00 bits per heavy atom. The highest BCUT2D eigenvalue weighted by molar-refractivity contribution is 4.84. The molecule has 1 aliphatic carbocycles. The summed E-state index contributed by atoms with van der Waals surface area (Å²) < 4.78 is 0. The van der Waals surface area contributed by atoms with E-state index >= 15 is 0 Å². The molecule has 0 aromatic carbocycles. The van der Waals surface area contributed by atoms with Crippen LogP contribution in [-0.4, -0.2) is 23.3 Å². The van der Waals surface area contributed by atoms with Gasteiger partial charge in [-0.15, -0.1) is 0 Å². The molecule has 0 aliphatic heterocycles. The van der Waals surface area contributed by atoms with E-state index in [1.54, 1.807) is 0 Å². The fraction of sp³-hybridized carbons (Fsp3) is 1.00. The van der Waals surface area contributed by atoms with Gasteiger partial charge in [0.15, 0.2) is 0 Å². The molecular formula is C12H25NO. The lowest BCUT2D eigenvalue weighted by atomic mass is 9.88.